The third-order valence-corrected chi connectivity index (χ3v) is 16.6. The number of rotatable bonds is 4. The summed E-state index contributed by atoms with van der Waals surface area (Å²) in [4.78, 5) is 4.90. The second kappa shape index (κ2) is 14.9. The van der Waals surface area contributed by atoms with Crippen LogP contribution in [0, 0.1) is 6.92 Å². The molecular formula is C65H51BN2O4. The number of para-hydroxylation sites is 2. The molecule has 0 spiro atoms. The molecule has 7 heteroatoms. The monoisotopic (exact) mass is 934 g/mol. The second-order valence-electron chi connectivity index (χ2n) is 21.3. The third-order valence-electron chi connectivity index (χ3n) is 16.6. The van der Waals surface area contributed by atoms with Crippen LogP contribution in [-0.2, 0) is 10.8 Å². The topological polar surface area (TPSA) is 43.4 Å². The standard InChI is InChI=1S/C65H51BN2O4/c1-38-32-57-61-58(33-38)68(54-17-11-19-60-63(54)72-31-29-70-60)56-37-42(40-21-25-46-44-13-7-9-15-48(44)65(4,5)50(46)35-40)23-27-52(56)66(61)51-26-22-41(36-55(51)67(57)53-16-10-18-59-62(53)71-30-28-69-59)39-20-24-45-43-12-6-8-14-47(43)64(2,3)49(45)34-39/h6-27,32-37H,28-31H2,1-5H3. The molecule has 4 aliphatic heterocycles. The molecule has 0 saturated carbocycles. The van der Waals surface area contributed by atoms with Gasteiger partial charge in [0.15, 0.2) is 23.0 Å². The number of anilines is 6. The van der Waals surface area contributed by atoms with Crippen LogP contribution in [0.25, 0.3) is 44.5 Å². The maximum absolute atomic E-state index is 6.60. The molecule has 6 aliphatic rings. The maximum Gasteiger partial charge on any atom is 0.252 e. The molecule has 72 heavy (non-hydrogen) atoms. The van der Waals surface area contributed by atoms with Crippen LogP contribution in [0.5, 0.6) is 23.0 Å². The summed E-state index contributed by atoms with van der Waals surface area (Å²) in [5, 5.41) is 0. The molecule has 4 heterocycles. The smallest absolute Gasteiger partial charge is 0.252 e. The van der Waals surface area contributed by atoms with Gasteiger partial charge in [0.2, 0.25) is 0 Å². The van der Waals surface area contributed by atoms with Gasteiger partial charge in [-0.05, 0) is 156 Å². The van der Waals surface area contributed by atoms with Crippen molar-refractivity contribution in [2.24, 2.45) is 0 Å². The van der Waals surface area contributed by atoms with Gasteiger partial charge in [-0.3, -0.25) is 0 Å². The molecule has 348 valence electrons. The van der Waals surface area contributed by atoms with Crippen molar-refractivity contribution in [3.8, 4) is 67.5 Å². The zero-order valence-corrected chi connectivity index (χ0v) is 41.1. The van der Waals surface area contributed by atoms with Crippen molar-refractivity contribution >= 4 is 57.2 Å². The molecule has 2 aliphatic carbocycles. The van der Waals surface area contributed by atoms with Crippen LogP contribution in [-0.4, -0.2) is 33.1 Å². The molecule has 0 saturated heterocycles. The Hall–Kier alpha value is -8.16. The summed E-state index contributed by atoms with van der Waals surface area (Å²) in [6, 6.07) is 63.6. The number of nitrogens with zero attached hydrogens (tertiary/aromatic N) is 2. The van der Waals surface area contributed by atoms with Crippen LogP contribution in [0.2, 0.25) is 0 Å². The Kier molecular flexibility index (Phi) is 8.63. The second-order valence-corrected chi connectivity index (χ2v) is 21.3. The summed E-state index contributed by atoms with van der Waals surface area (Å²) >= 11 is 0. The molecule has 0 unspecified atom stereocenters. The van der Waals surface area contributed by atoms with Crippen molar-refractivity contribution in [3.05, 3.63) is 198 Å². The molecule has 9 aromatic carbocycles. The van der Waals surface area contributed by atoms with E-state index in [0.29, 0.717) is 26.4 Å². The summed E-state index contributed by atoms with van der Waals surface area (Å²) in [5.41, 5.74) is 26.4. The lowest BCUT2D eigenvalue weighted by atomic mass is 9.33. The first-order valence-corrected chi connectivity index (χ1v) is 25.4. The predicted octanol–water partition coefficient (Wildman–Crippen LogP) is 13.6. The van der Waals surface area contributed by atoms with E-state index in [1.807, 2.05) is 12.1 Å². The summed E-state index contributed by atoms with van der Waals surface area (Å²) < 4.78 is 25.8. The van der Waals surface area contributed by atoms with Crippen LogP contribution in [0.3, 0.4) is 0 Å². The van der Waals surface area contributed by atoms with Gasteiger partial charge < -0.3 is 28.7 Å². The number of hydrogen-bond donors (Lipinski definition) is 0. The van der Waals surface area contributed by atoms with Crippen LogP contribution in [0.4, 0.5) is 34.1 Å². The lowest BCUT2D eigenvalue weighted by Gasteiger charge is -2.45. The highest BCUT2D eigenvalue weighted by Gasteiger charge is 2.46. The van der Waals surface area contributed by atoms with Crippen molar-refractivity contribution in [2.45, 2.75) is 45.4 Å². The summed E-state index contributed by atoms with van der Waals surface area (Å²) in [6.07, 6.45) is 0. The van der Waals surface area contributed by atoms with E-state index in [0.717, 1.165) is 73.8 Å². The van der Waals surface area contributed by atoms with E-state index in [1.165, 1.54) is 72.0 Å². The van der Waals surface area contributed by atoms with Crippen molar-refractivity contribution in [1.29, 1.82) is 0 Å². The molecule has 15 rings (SSSR count). The van der Waals surface area contributed by atoms with E-state index in [4.69, 9.17) is 18.9 Å². The Morgan fingerprint density at radius 1 is 0.375 bits per heavy atom. The zero-order chi connectivity index (χ0) is 48.2. The Labute approximate surface area is 421 Å². The Morgan fingerprint density at radius 3 is 1.28 bits per heavy atom. The highest BCUT2D eigenvalue weighted by Crippen LogP contribution is 2.55. The van der Waals surface area contributed by atoms with Crippen molar-refractivity contribution in [2.75, 3.05) is 36.2 Å². The number of hydrogen-bond acceptors (Lipinski definition) is 6. The fourth-order valence-corrected chi connectivity index (χ4v) is 13.2. The molecule has 0 fully saturated rings. The molecule has 6 nitrogen and oxygen atoms in total. The van der Waals surface area contributed by atoms with E-state index in [9.17, 15) is 0 Å². The molecule has 0 bridgehead atoms. The lowest BCUT2D eigenvalue weighted by molar-refractivity contribution is 0.172. The normalized spacial score (nSPS) is 16.2. The largest absolute Gasteiger partial charge is 0.486 e. The molecular weight excluding hydrogens is 884 g/mol. The molecule has 0 N–H and O–H groups in total. The van der Waals surface area contributed by atoms with Gasteiger partial charge in [-0.1, -0.05) is 137 Å². The first-order valence-electron chi connectivity index (χ1n) is 25.4. The minimum absolute atomic E-state index is 0.105. The fraction of sp³-hybridized carbons (Fsp3) is 0.169. The van der Waals surface area contributed by atoms with Crippen LogP contribution in [0.1, 0.15) is 55.5 Å². The zero-order valence-electron chi connectivity index (χ0n) is 41.1. The fourth-order valence-electron chi connectivity index (χ4n) is 13.2. The van der Waals surface area contributed by atoms with Gasteiger partial charge >= 0.3 is 0 Å². The molecule has 0 aromatic heterocycles. The third kappa shape index (κ3) is 5.73. The van der Waals surface area contributed by atoms with Crippen LogP contribution in [0.15, 0.2) is 170 Å². The molecule has 0 amide bonds. The van der Waals surface area contributed by atoms with E-state index in [1.54, 1.807) is 0 Å². The SMILES string of the molecule is Cc1cc2c3c(c1)N(c1cccc4c1OCCO4)c1cc(-c4ccc5c(c4)C(C)(C)c4ccccc4-5)ccc1B3c1ccc(-c3ccc4c(c3)C(C)(C)c3ccccc3-4)cc1N2c1cccc2c1OCCO2. The van der Waals surface area contributed by atoms with Crippen LogP contribution < -0.4 is 45.1 Å². The first kappa shape index (κ1) is 41.6. The predicted molar refractivity (Wildman–Crippen MR) is 293 cm³/mol. The number of benzene rings is 9. The lowest BCUT2D eigenvalue weighted by Crippen LogP contribution is -2.61. The van der Waals surface area contributed by atoms with Gasteiger partial charge in [0.25, 0.3) is 6.71 Å². The van der Waals surface area contributed by atoms with Gasteiger partial charge in [0.05, 0.1) is 11.4 Å². The van der Waals surface area contributed by atoms with E-state index < -0.39 is 0 Å². The number of ether oxygens (including phenoxy) is 4. The summed E-state index contributed by atoms with van der Waals surface area (Å²) in [5.74, 6) is 3.03. The number of fused-ring (bicyclic) bond motifs is 12. The minimum atomic E-state index is -0.123. The quantitative estimate of drug-likeness (QED) is 0.164. The van der Waals surface area contributed by atoms with Gasteiger partial charge in [-0.2, -0.15) is 0 Å². The Morgan fingerprint density at radius 2 is 0.792 bits per heavy atom. The molecule has 0 atom stereocenters. The van der Waals surface area contributed by atoms with E-state index in [2.05, 4.69) is 202 Å². The first-order chi connectivity index (χ1) is 35.1. The number of aryl methyl sites for hydroxylation is 1. The van der Waals surface area contributed by atoms with E-state index >= 15 is 0 Å². The van der Waals surface area contributed by atoms with Crippen molar-refractivity contribution in [3.63, 3.8) is 0 Å². The Bertz CT molecular complexity index is 3590. The Balaban J connectivity index is 0.971. The van der Waals surface area contributed by atoms with Crippen molar-refractivity contribution in [1.82, 2.24) is 0 Å². The van der Waals surface area contributed by atoms with Crippen molar-refractivity contribution < 1.29 is 18.9 Å². The maximum atomic E-state index is 6.60. The molecule has 9 aromatic rings. The summed E-state index contributed by atoms with van der Waals surface area (Å²) in [6.45, 7) is 13.5. The summed E-state index contributed by atoms with van der Waals surface area (Å²) in [7, 11) is 0. The highest BCUT2D eigenvalue weighted by molar-refractivity contribution is 7.00. The van der Waals surface area contributed by atoms with Gasteiger partial charge in [0, 0.05) is 33.6 Å². The molecule has 0 radical (unpaired) electrons. The average molecular weight is 935 g/mol. The van der Waals surface area contributed by atoms with Gasteiger partial charge in [0.1, 0.15) is 26.4 Å². The van der Waals surface area contributed by atoms with Crippen LogP contribution >= 0.6 is 0 Å². The van der Waals surface area contributed by atoms with Gasteiger partial charge in [-0.15, -0.1) is 0 Å². The minimum Gasteiger partial charge on any atom is -0.486 e. The van der Waals surface area contributed by atoms with Gasteiger partial charge in [-0.25, -0.2) is 0 Å². The van der Waals surface area contributed by atoms with E-state index in [-0.39, 0.29) is 17.5 Å². The average Bonchev–Trinajstić information content (AvgIpc) is 3.79. The highest BCUT2D eigenvalue weighted by atomic mass is 16.6.